The van der Waals surface area contributed by atoms with Gasteiger partial charge in [0.2, 0.25) is 5.88 Å². The zero-order valence-corrected chi connectivity index (χ0v) is 8.23. The average Bonchev–Trinajstić information content (AvgIpc) is 2.17. The van der Waals surface area contributed by atoms with Crippen LogP contribution in [0.2, 0.25) is 0 Å². The molecule has 0 atom stereocenters. The summed E-state index contributed by atoms with van der Waals surface area (Å²) in [6, 6.07) is 0. The van der Waals surface area contributed by atoms with Gasteiger partial charge in [0.15, 0.2) is 0 Å². The Hall–Kier alpha value is -0.870. The van der Waals surface area contributed by atoms with Crippen LogP contribution in [0, 0.1) is 0 Å². The summed E-state index contributed by atoms with van der Waals surface area (Å²) in [4.78, 5) is 8.22. The van der Waals surface area contributed by atoms with Crippen molar-refractivity contribution < 1.29 is 4.74 Å². The Morgan fingerprint density at radius 1 is 1.46 bits per heavy atom. The first-order valence-corrected chi connectivity index (χ1v) is 3.99. The van der Waals surface area contributed by atoms with Gasteiger partial charge in [0.25, 0.3) is 0 Å². The Balaban J connectivity index is 0.000000845. The van der Waals surface area contributed by atoms with E-state index in [0.717, 1.165) is 36.6 Å². The SMILES string of the molecule is COc1ncnc2c1CCNC2.Cl. The minimum Gasteiger partial charge on any atom is -0.481 e. The summed E-state index contributed by atoms with van der Waals surface area (Å²) < 4.78 is 5.13. The van der Waals surface area contributed by atoms with Gasteiger partial charge in [-0.2, -0.15) is 0 Å². The minimum atomic E-state index is 0. The second-order valence-corrected chi connectivity index (χ2v) is 2.73. The maximum atomic E-state index is 5.13. The fourth-order valence-electron chi connectivity index (χ4n) is 1.43. The Bertz CT molecular complexity index is 278. The second kappa shape index (κ2) is 4.39. The number of nitrogens with zero attached hydrogens (tertiary/aromatic N) is 2. The highest BCUT2D eigenvalue weighted by Gasteiger charge is 2.14. The van der Waals surface area contributed by atoms with Gasteiger partial charge in [-0.3, -0.25) is 0 Å². The summed E-state index contributed by atoms with van der Waals surface area (Å²) in [5, 5.41) is 3.25. The number of ether oxygens (including phenoxy) is 1. The van der Waals surface area contributed by atoms with Gasteiger partial charge in [0.05, 0.1) is 12.8 Å². The van der Waals surface area contributed by atoms with Crippen molar-refractivity contribution in [3.8, 4) is 5.88 Å². The molecule has 0 bridgehead atoms. The van der Waals surface area contributed by atoms with Crippen LogP contribution in [0.3, 0.4) is 0 Å². The highest BCUT2D eigenvalue weighted by molar-refractivity contribution is 5.85. The van der Waals surface area contributed by atoms with Crippen LogP contribution in [-0.2, 0) is 13.0 Å². The lowest BCUT2D eigenvalue weighted by Crippen LogP contribution is -2.25. The number of rotatable bonds is 1. The molecular weight excluding hydrogens is 190 g/mol. The Morgan fingerprint density at radius 2 is 2.31 bits per heavy atom. The molecule has 1 aliphatic rings. The predicted octanol–water partition coefficient (Wildman–Crippen LogP) is 0.553. The number of nitrogens with one attached hydrogen (secondary N) is 1. The van der Waals surface area contributed by atoms with Crippen molar-refractivity contribution in [1.82, 2.24) is 15.3 Å². The summed E-state index contributed by atoms with van der Waals surface area (Å²) in [5.41, 5.74) is 2.21. The molecule has 0 spiro atoms. The van der Waals surface area contributed by atoms with E-state index in [0.29, 0.717) is 0 Å². The van der Waals surface area contributed by atoms with Gasteiger partial charge in [0, 0.05) is 12.1 Å². The molecule has 0 unspecified atom stereocenters. The van der Waals surface area contributed by atoms with Crippen molar-refractivity contribution in [3.63, 3.8) is 0 Å². The van der Waals surface area contributed by atoms with Crippen LogP contribution in [0.4, 0.5) is 0 Å². The average molecular weight is 202 g/mol. The molecule has 1 aromatic rings. The molecule has 0 saturated carbocycles. The van der Waals surface area contributed by atoms with Crippen molar-refractivity contribution in [2.24, 2.45) is 0 Å². The van der Waals surface area contributed by atoms with Crippen LogP contribution < -0.4 is 10.1 Å². The zero-order valence-electron chi connectivity index (χ0n) is 7.41. The smallest absolute Gasteiger partial charge is 0.219 e. The molecule has 13 heavy (non-hydrogen) atoms. The Morgan fingerprint density at radius 3 is 3.08 bits per heavy atom. The molecule has 0 saturated heterocycles. The summed E-state index contributed by atoms with van der Waals surface area (Å²) in [6.45, 7) is 1.81. The number of hydrogen-bond donors (Lipinski definition) is 1. The van der Waals surface area contributed by atoms with Gasteiger partial charge in [0.1, 0.15) is 6.33 Å². The molecule has 2 heterocycles. The predicted molar refractivity (Wildman–Crippen MR) is 51.2 cm³/mol. The monoisotopic (exact) mass is 201 g/mol. The molecule has 0 radical (unpaired) electrons. The van der Waals surface area contributed by atoms with Crippen LogP contribution in [0.25, 0.3) is 0 Å². The van der Waals surface area contributed by atoms with Gasteiger partial charge in [-0.25, -0.2) is 9.97 Å². The maximum Gasteiger partial charge on any atom is 0.219 e. The normalized spacial score (nSPS) is 14.2. The minimum absolute atomic E-state index is 0. The van der Waals surface area contributed by atoms with Crippen LogP contribution in [-0.4, -0.2) is 23.6 Å². The fourth-order valence-corrected chi connectivity index (χ4v) is 1.43. The van der Waals surface area contributed by atoms with Crippen molar-refractivity contribution in [2.45, 2.75) is 13.0 Å². The molecule has 72 valence electrons. The second-order valence-electron chi connectivity index (χ2n) is 2.73. The number of aromatic nitrogens is 2. The van der Waals surface area contributed by atoms with Crippen molar-refractivity contribution in [3.05, 3.63) is 17.6 Å². The number of hydrogen-bond acceptors (Lipinski definition) is 4. The first kappa shape index (κ1) is 10.2. The van der Waals surface area contributed by atoms with Crippen LogP contribution >= 0.6 is 12.4 Å². The molecule has 1 N–H and O–H groups in total. The van der Waals surface area contributed by atoms with Gasteiger partial charge in [-0.15, -0.1) is 12.4 Å². The molecule has 5 heteroatoms. The van der Waals surface area contributed by atoms with E-state index < -0.39 is 0 Å². The third-order valence-electron chi connectivity index (χ3n) is 2.03. The highest BCUT2D eigenvalue weighted by Crippen LogP contribution is 2.19. The first-order chi connectivity index (χ1) is 5.92. The molecule has 0 amide bonds. The Labute approximate surface area is 83.1 Å². The first-order valence-electron chi connectivity index (χ1n) is 3.99. The quantitative estimate of drug-likeness (QED) is 0.721. The van der Waals surface area contributed by atoms with Crippen LogP contribution in [0.15, 0.2) is 6.33 Å². The number of methoxy groups -OCH3 is 1. The van der Waals surface area contributed by atoms with E-state index in [4.69, 9.17) is 4.74 Å². The van der Waals surface area contributed by atoms with Gasteiger partial charge < -0.3 is 10.1 Å². The van der Waals surface area contributed by atoms with E-state index in [1.165, 1.54) is 0 Å². The summed E-state index contributed by atoms with van der Waals surface area (Å²) in [5.74, 6) is 0.724. The van der Waals surface area contributed by atoms with E-state index >= 15 is 0 Å². The lowest BCUT2D eigenvalue weighted by atomic mass is 10.1. The van der Waals surface area contributed by atoms with E-state index in [-0.39, 0.29) is 12.4 Å². The van der Waals surface area contributed by atoms with Gasteiger partial charge in [-0.1, -0.05) is 0 Å². The lowest BCUT2D eigenvalue weighted by Gasteiger charge is -2.16. The third kappa shape index (κ3) is 1.89. The summed E-state index contributed by atoms with van der Waals surface area (Å²) in [6.07, 6.45) is 2.50. The van der Waals surface area contributed by atoms with Crippen molar-refractivity contribution in [1.29, 1.82) is 0 Å². The van der Waals surface area contributed by atoms with Gasteiger partial charge in [-0.05, 0) is 13.0 Å². The van der Waals surface area contributed by atoms with E-state index in [9.17, 15) is 0 Å². The highest BCUT2D eigenvalue weighted by atomic mass is 35.5. The lowest BCUT2D eigenvalue weighted by molar-refractivity contribution is 0.386. The number of fused-ring (bicyclic) bond motifs is 1. The van der Waals surface area contributed by atoms with Gasteiger partial charge >= 0.3 is 0 Å². The molecule has 2 rings (SSSR count). The molecule has 4 nitrogen and oxygen atoms in total. The fraction of sp³-hybridized carbons (Fsp3) is 0.500. The molecule has 1 aliphatic heterocycles. The Kier molecular flexibility index (Phi) is 3.45. The van der Waals surface area contributed by atoms with Crippen molar-refractivity contribution >= 4 is 12.4 Å². The number of halogens is 1. The summed E-state index contributed by atoms with van der Waals surface area (Å²) >= 11 is 0. The standard InChI is InChI=1S/C8H11N3O.ClH/c1-12-8-6-2-3-9-4-7(6)10-5-11-8;/h5,9H,2-4H2,1H3;1H. The van der Waals surface area contributed by atoms with E-state index in [1.807, 2.05) is 0 Å². The van der Waals surface area contributed by atoms with E-state index in [2.05, 4.69) is 15.3 Å². The van der Waals surface area contributed by atoms with Crippen LogP contribution in [0.1, 0.15) is 11.3 Å². The molecule has 0 aliphatic carbocycles. The topological polar surface area (TPSA) is 47.0 Å². The van der Waals surface area contributed by atoms with Crippen LogP contribution in [0.5, 0.6) is 5.88 Å². The largest absolute Gasteiger partial charge is 0.481 e. The zero-order chi connectivity index (χ0) is 8.39. The van der Waals surface area contributed by atoms with Crippen molar-refractivity contribution in [2.75, 3.05) is 13.7 Å². The molecular formula is C8H12ClN3O. The summed E-state index contributed by atoms with van der Waals surface area (Å²) in [7, 11) is 1.64. The maximum absolute atomic E-state index is 5.13. The third-order valence-corrected chi connectivity index (χ3v) is 2.03. The van der Waals surface area contributed by atoms with E-state index in [1.54, 1.807) is 13.4 Å². The molecule has 1 aromatic heterocycles. The molecule has 0 fully saturated rings. The molecule has 0 aromatic carbocycles.